The Balaban J connectivity index is 1.74. The van der Waals surface area contributed by atoms with Gasteiger partial charge in [-0.2, -0.15) is 0 Å². The Morgan fingerprint density at radius 1 is 1.10 bits per heavy atom. The number of ether oxygens (including phenoxy) is 1. The maximum atomic E-state index is 13.4. The van der Waals surface area contributed by atoms with Gasteiger partial charge in [0, 0.05) is 33.8 Å². The first kappa shape index (κ1) is 21.5. The lowest BCUT2D eigenvalue weighted by molar-refractivity contribution is -0.153. The molecule has 0 spiro atoms. The molecule has 1 unspecified atom stereocenters. The highest BCUT2D eigenvalue weighted by Crippen LogP contribution is 2.48. The molecule has 0 aromatic heterocycles. The van der Waals surface area contributed by atoms with Crippen LogP contribution in [-0.4, -0.2) is 23.6 Å². The maximum Gasteiger partial charge on any atom is 0.315 e. The van der Waals surface area contributed by atoms with Crippen LogP contribution < -0.4 is 0 Å². The molecular weight excluding hydrogens is 442 g/mol. The number of carbonyl (C=O) groups excluding carboxylic acids is 2. The van der Waals surface area contributed by atoms with Gasteiger partial charge in [0.15, 0.2) is 5.78 Å². The Labute approximate surface area is 187 Å². The third-order valence-electron chi connectivity index (χ3n) is 6.62. The quantitative estimate of drug-likeness (QED) is 0.497. The van der Waals surface area contributed by atoms with Gasteiger partial charge in [-0.3, -0.25) is 14.6 Å². The first-order valence-corrected chi connectivity index (χ1v) is 11.8. The minimum atomic E-state index is -0.544. The van der Waals surface area contributed by atoms with Crippen molar-refractivity contribution in [2.45, 2.75) is 77.7 Å². The Morgan fingerprint density at radius 2 is 1.77 bits per heavy atom. The van der Waals surface area contributed by atoms with E-state index in [0.29, 0.717) is 12.0 Å². The summed E-state index contributed by atoms with van der Waals surface area (Å²) >= 11 is 3.49. The molecule has 0 radical (unpaired) electrons. The smallest absolute Gasteiger partial charge is 0.315 e. The topological polar surface area (TPSA) is 55.7 Å². The molecule has 1 fully saturated rings. The van der Waals surface area contributed by atoms with Gasteiger partial charge in [0.2, 0.25) is 0 Å². The molecule has 2 atom stereocenters. The number of halogens is 1. The minimum absolute atomic E-state index is 0.0130. The normalized spacial score (nSPS) is 26.8. The van der Waals surface area contributed by atoms with E-state index < -0.39 is 5.92 Å². The monoisotopic (exact) mass is 471 g/mol. The zero-order chi connectivity index (χ0) is 21.5. The molecule has 4 nitrogen and oxygen atoms in total. The molecule has 1 aliphatic heterocycles. The summed E-state index contributed by atoms with van der Waals surface area (Å²) in [5.41, 5.74) is 3.18. The summed E-state index contributed by atoms with van der Waals surface area (Å²) in [5.74, 6) is -0.997. The fourth-order valence-corrected chi connectivity index (χ4v) is 5.47. The lowest BCUT2D eigenvalue weighted by Gasteiger charge is -2.39. The number of aliphatic imine (C=N–C) groups is 1. The maximum absolute atomic E-state index is 13.4. The van der Waals surface area contributed by atoms with Crippen LogP contribution in [0.2, 0.25) is 0 Å². The molecular formula is C25H30BrNO3. The number of ketones is 1. The number of hydrogen-bond acceptors (Lipinski definition) is 4. The molecule has 4 rings (SSSR count). The summed E-state index contributed by atoms with van der Waals surface area (Å²) in [4.78, 5) is 31.5. The number of esters is 1. The average molecular weight is 472 g/mol. The van der Waals surface area contributed by atoms with E-state index in [-0.39, 0.29) is 29.2 Å². The summed E-state index contributed by atoms with van der Waals surface area (Å²) in [6.45, 7) is 6.13. The van der Waals surface area contributed by atoms with Gasteiger partial charge >= 0.3 is 5.97 Å². The Hall–Kier alpha value is -1.75. The summed E-state index contributed by atoms with van der Waals surface area (Å²) in [6, 6.07) is 7.95. The van der Waals surface area contributed by atoms with Crippen molar-refractivity contribution in [3.05, 3.63) is 45.6 Å². The highest BCUT2D eigenvalue weighted by molar-refractivity contribution is 9.10. The van der Waals surface area contributed by atoms with E-state index in [9.17, 15) is 9.59 Å². The summed E-state index contributed by atoms with van der Waals surface area (Å²) < 4.78 is 6.94. The molecule has 1 saturated carbocycles. The first-order chi connectivity index (χ1) is 14.2. The minimum Gasteiger partial charge on any atom is -0.462 e. The molecule has 1 aromatic carbocycles. The second kappa shape index (κ2) is 8.41. The largest absolute Gasteiger partial charge is 0.462 e. The Bertz CT molecular complexity index is 907. The van der Waals surface area contributed by atoms with Gasteiger partial charge < -0.3 is 4.74 Å². The third-order valence-corrected chi connectivity index (χ3v) is 7.15. The summed E-state index contributed by atoms with van der Waals surface area (Å²) in [7, 11) is 0. The van der Waals surface area contributed by atoms with Gasteiger partial charge in [-0.05, 0) is 62.1 Å². The molecule has 0 saturated heterocycles. The van der Waals surface area contributed by atoms with Gasteiger partial charge in [0.05, 0.1) is 0 Å². The first-order valence-electron chi connectivity index (χ1n) is 11.0. The number of benzene rings is 1. The number of carbonyl (C=O) groups is 2. The lowest BCUT2D eigenvalue weighted by atomic mass is 9.67. The van der Waals surface area contributed by atoms with Crippen LogP contribution in [0.15, 0.2) is 45.0 Å². The molecule has 3 aliphatic rings. The predicted octanol–water partition coefficient (Wildman–Crippen LogP) is 6.14. The van der Waals surface area contributed by atoms with Gasteiger partial charge in [-0.25, -0.2) is 0 Å². The standard InChI is InChI=1S/C25H30BrNO3/c1-15-21(24(29)30-18-7-5-4-6-8-18)22(16-9-11-17(26)12-10-16)23-19(27-15)13-25(2,3)14-20(23)28/h9-12,18,21-22H,4-8,13-14H2,1-3H3/t21?,22-/m0/s1. The van der Waals surface area contributed by atoms with E-state index >= 15 is 0 Å². The number of hydrogen-bond donors (Lipinski definition) is 0. The Kier molecular flexibility index (Phi) is 6.02. The average Bonchev–Trinajstić information content (AvgIpc) is 2.67. The number of allylic oxidation sites excluding steroid dienone is 2. The number of nitrogens with zero attached hydrogens (tertiary/aromatic N) is 1. The van der Waals surface area contributed by atoms with Crippen LogP contribution in [0, 0.1) is 11.3 Å². The molecule has 0 N–H and O–H groups in total. The van der Waals surface area contributed by atoms with Crippen LogP contribution in [0.1, 0.15) is 77.2 Å². The molecule has 160 valence electrons. The molecule has 5 heteroatoms. The zero-order valence-corrected chi connectivity index (χ0v) is 19.6. The van der Waals surface area contributed by atoms with Crippen LogP contribution in [0.3, 0.4) is 0 Å². The van der Waals surface area contributed by atoms with Crippen LogP contribution in [0.25, 0.3) is 0 Å². The SMILES string of the molecule is CC1=NC2=C(C(=O)CC(C)(C)C2)[C@@H](c2ccc(Br)cc2)C1C(=O)OC1CCCCC1. The van der Waals surface area contributed by atoms with Crippen LogP contribution >= 0.6 is 15.9 Å². The van der Waals surface area contributed by atoms with Crippen molar-refractivity contribution in [1.82, 2.24) is 0 Å². The van der Waals surface area contributed by atoms with Gasteiger partial charge in [0.25, 0.3) is 0 Å². The van der Waals surface area contributed by atoms with Crippen molar-refractivity contribution in [2.24, 2.45) is 16.3 Å². The van der Waals surface area contributed by atoms with Gasteiger partial charge in [-0.1, -0.05) is 48.3 Å². The zero-order valence-electron chi connectivity index (χ0n) is 18.0. The fourth-order valence-electron chi connectivity index (χ4n) is 5.20. The van der Waals surface area contributed by atoms with Crippen molar-refractivity contribution >= 4 is 33.4 Å². The van der Waals surface area contributed by atoms with Crippen molar-refractivity contribution in [3.8, 4) is 0 Å². The molecule has 2 aliphatic carbocycles. The fraction of sp³-hybridized carbons (Fsp3) is 0.560. The van der Waals surface area contributed by atoms with E-state index in [1.807, 2.05) is 31.2 Å². The van der Waals surface area contributed by atoms with Gasteiger partial charge in [-0.15, -0.1) is 0 Å². The van der Waals surface area contributed by atoms with Crippen molar-refractivity contribution in [2.75, 3.05) is 0 Å². The van der Waals surface area contributed by atoms with E-state index in [1.165, 1.54) is 6.42 Å². The van der Waals surface area contributed by atoms with Crippen molar-refractivity contribution < 1.29 is 14.3 Å². The molecule has 1 aromatic rings. The molecule has 0 bridgehead atoms. The molecule has 30 heavy (non-hydrogen) atoms. The van der Waals surface area contributed by atoms with Crippen LogP contribution in [0.5, 0.6) is 0 Å². The second-order valence-electron chi connectivity index (χ2n) is 9.76. The predicted molar refractivity (Wildman–Crippen MR) is 121 cm³/mol. The number of rotatable bonds is 3. The van der Waals surface area contributed by atoms with Crippen LogP contribution in [-0.2, 0) is 14.3 Å². The third kappa shape index (κ3) is 4.32. The van der Waals surface area contributed by atoms with E-state index in [2.05, 4.69) is 29.8 Å². The lowest BCUT2D eigenvalue weighted by Crippen LogP contribution is -2.40. The van der Waals surface area contributed by atoms with Gasteiger partial charge in [0.1, 0.15) is 12.0 Å². The van der Waals surface area contributed by atoms with E-state index in [0.717, 1.165) is 53.5 Å². The number of Topliss-reactive ketones (excluding diaryl/α,β-unsaturated/α-hetero) is 1. The van der Waals surface area contributed by atoms with Crippen molar-refractivity contribution in [1.29, 1.82) is 0 Å². The Morgan fingerprint density at radius 3 is 2.43 bits per heavy atom. The van der Waals surface area contributed by atoms with E-state index in [4.69, 9.17) is 9.73 Å². The van der Waals surface area contributed by atoms with Crippen molar-refractivity contribution in [3.63, 3.8) is 0 Å². The highest BCUT2D eigenvalue weighted by Gasteiger charge is 2.46. The van der Waals surface area contributed by atoms with E-state index in [1.54, 1.807) is 0 Å². The molecule has 1 heterocycles. The highest BCUT2D eigenvalue weighted by atomic mass is 79.9. The molecule has 0 amide bonds. The van der Waals surface area contributed by atoms with Crippen LogP contribution in [0.4, 0.5) is 0 Å². The summed E-state index contributed by atoms with van der Waals surface area (Å²) in [5, 5.41) is 0. The second-order valence-corrected chi connectivity index (χ2v) is 10.7. The summed E-state index contributed by atoms with van der Waals surface area (Å²) in [6.07, 6.45) is 6.50.